The molecule has 0 fully saturated rings. The summed E-state index contributed by atoms with van der Waals surface area (Å²) in [5, 5.41) is 6.01. The number of hydrogen-bond donors (Lipinski definition) is 2. The SMILES string of the molecule is Cc1ccc(N2C(=O)c3ccc(C(=O)Nc4ccc(Nc5cc(C)ncn5)cc4)cc3C2=O)c(C)c1. The van der Waals surface area contributed by atoms with Crippen LogP contribution in [0.25, 0.3) is 0 Å². The average molecular weight is 478 g/mol. The van der Waals surface area contributed by atoms with Crippen molar-refractivity contribution in [2.75, 3.05) is 15.5 Å². The summed E-state index contributed by atoms with van der Waals surface area (Å²) < 4.78 is 0. The number of imide groups is 1. The lowest BCUT2D eigenvalue weighted by Crippen LogP contribution is -2.30. The van der Waals surface area contributed by atoms with Crippen LogP contribution in [-0.2, 0) is 0 Å². The number of aryl methyl sites for hydroxylation is 3. The van der Waals surface area contributed by atoms with Crippen LogP contribution in [-0.4, -0.2) is 27.7 Å². The van der Waals surface area contributed by atoms with Gasteiger partial charge in [-0.3, -0.25) is 14.4 Å². The fourth-order valence-electron chi connectivity index (χ4n) is 4.17. The maximum atomic E-state index is 13.1. The number of nitrogens with zero attached hydrogens (tertiary/aromatic N) is 3. The second-order valence-electron chi connectivity index (χ2n) is 8.70. The summed E-state index contributed by atoms with van der Waals surface area (Å²) in [5.74, 6) is -0.537. The molecular weight excluding hydrogens is 454 g/mol. The molecule has 8 heteroatoms. The Balaban J connectivity index is 1.32. The van der Waals surface area contributed by atoms with Crippen molar-refractivity contribution in [2.24, 2.45) is 0 Å². The van der Waals surface area contributed by atoms with Gasteiger partial charge in [-0.05, 0) is 74.9 Å². The largest absolute Gasteiger partial charge is 0.340 e. The summed E-state index contributed by atoms with van der Waals surface area (Å²) >= 11 is 0. The number of carbonyl (C=O) groups is 3. The van der Waals surface area contributed by atoms with Gasteiger partial charge in [0.2, 0.25) is 0 Å². The molecule has 178 valence electrons. The van der Waals surface area contributed by atoms with Crippen molar-refractivity contribution in [3.05, 3.63) is 107 Å². The van der Waals surface area contributed by atoms with Gasteiger partial charge in [-0.1, -0.05) is 17.7 Å². The highest BCUT2D eigenvalue weighted by Gasteiger charge is 2.37. The van der Waals surface area contributed by atoms with E-state index in [1.54, 1.807) is 24.3 Å². The van der Waals surface area contributed by atoms with Crippen LogP contribution in [0.4, 0.5) is 22.9 Å². The van der Waals surface area contributed by atoms with Crippen molar-refractivity contribution < 1.29 is 14.4 Å². The smallest absolute Gasteiger partial charge is 0.266 e. The number of fused-ring (bicyclic) bond motifs is 1. The molecule has 36 heavy (non-hydrogen) atoms. The number of nitrogens with one attached hydrogen (secondary N) is 2. The summed E-state index contributed by atoms with van der Waals surface area (Å²) in [4.78, 5) is 48.5. The maximum absolute atomic E-state index is 13.1. The van der Waals surface area contributed by atoms with E-state index >= 15 is 0 Å². The van der Waals surface area contributed by atoms with Crippen LogP contribution in [0.5, 0.6) is 0 Å². The van der Waals surface area contributed by atoms with Crippen molar-refractivity contribution in [3.8, 4) is 0 Å². The highest BCUT2D eigenvalue weighted by molar-refractivity contribution is 6.35. The minimum Gasteiger partial charge on any atom is -0.340 e. The topological polar surface area (TPSA) is 104 Å². The van der Waals surface area contributed by atoms with Crippen molar-refractivity contribution in [2.45, 2.75) is 20.8 Å². The van der Waals surface area contributed by atoms with E-state index in [0.29, 0.717) is 17.2 Å². The molecule has 1 aliphatic rings. The number of rotatable bonds is 5. The van der Waals surface area contributed by atoms with Crippen molar-refractivity contribution in [1.29, 1.82) is 0 Å². The van der Waals surface area contributed by atoms with Gasteiger partial charge in [-0.15, -0.1) is 0 Å². The van der Waals surface area contributed by atoms with Crippen LogP contribution < -0.4 is 15.5 Å². The second-order valence-corrected chi connectivity index (χ2v) is 8.70. The molecule has 0 spiro atoms. The molecule has 3 amide bonds. The van der Waals surface area contributed by atoms with Gasteiger partial charge < -0.3 is 10.6 Å². The summed E-state index contributed by atoms with van der Waals surface area (Å²) in [7, 11) is 0. The highest BCUT2D eigenvalue weighted by Crippen LogP contribution is 2.31. The van der Waals surface area contributed by atoms with Crippen molar-refractivity contribution in [3.63, 3.8) is 0 Å². The Morgan fingerprint density at radius 3 is 2.22 bits per heavy atom. The third-order valence-corrected chi connectivity index (χ3v) is 5.96. The Morgan fingerprint density at radius 2 is 1.50 bits per heavy atom. The fourth-order valence-corrected chi connectivity index (χ4v) is 4.17. The molecule has 5 rings (SSSR count). The predicted molar refractivity (Wildman–Crippen MR) is 138 cm³/mol. The van der Waals surface area contributed by atoms with Crippen LogP contribution in [0, 0.1) is 20.8 Å². The molecule has 2 heterocycles. The normalized spacial score (nSPS) is 12.5. The van der Waals surface area contributed by atoms with E-state index in [2.05, 4.69) is 20.6 Å². The van der Waals surface area contributed by atoms with Gasteiger partial charge in [-0.25, -0.2) is 14.9 Å². The monoisotopic (exact) mass is 477 g/mol. The Labute approximate surface area is 208 Å². The maximum Gasteiger partial charge on any atom is 0.266 e. The van der Waals surface area contributed by atoms with E-state index in [-0.39, 0.29) is 22.6 Å². The van der Waals surface area contributed by atoms with Gasteiger partial charge in [-0.2, -0.15) is 0 Å². The zero-order valence-electron chi connectivity index (χ0n) is 20.0. The lowest BCUT2D eigenvalue weighted by atomic mass is 10.1. The molecule has 1 aliphatic heterocycles. The molecule has 2 N–H and O–H groups in total. The molecule has 1 aromatic heterocycles. The van der Waals surface area contributed by atoms with Gasteiger partial charge in [0.1, 0.15) is 12.1 Å². The molecule has 0 bridgehead atoms. The van der Waals surface area contributed by atoms with Crippen LogP contribution in [0.15, 0.2) is 73.1 Å². The molecule has 0 aliphatic carbocycles. The van der Waals surface area contributed by atoms with E-state index in [1.807, 2.05) is 51.1 Å². The standard InChI is InChI=1S/C28H23N5O3/c1-16-4-11-24(17(2)12-16)33-27(35)22-10-5-19(14-23(22)28(33)36)26(34)32-21-8-6-20(7-9-21)31-25-13-18(3)29-15-30-25/h4-15H,1-3H3,(H,32,34)(H,29,30,31). The number of amides is 3. The zero-order valence-corrected chi connectivity index (χ0v) is 20.0. The Bertz CT molecular complexity index is 1530. The Hall–Kier alpha value is -4.85. The van der Waals surface area contributed by atoms with E-state index in [0.717, 1.165) is 22.5 Å². The third kappa shape index (κ3) is 4.32. The first-order valence-corrected chi connectivity index (χ1v) is 11.4. The number of anilines is 4. The molecule has 0 radical (unpaired) electrons. The van der Waals surface area contributed by atoms with Gasteiger partial charge in [0.25, 0.3) is 17.7 Å². The number of aromatic nitrogens is 2. The molecule has 0 saturated heterocycles. The molecule has 0 saturated carbocycles. The minimum absolute atomic E-state index is 0.215. The average Bonchev–Trinajstić information content (AvgIpc) is 3.10. The molecule has 8 nitrogen and oxygen atoms in total. The lowest BCUT2D eigenvalue weighted by molar-refractivity contribution is 0.0925. The first-order valence-electron chi connectivity index (χ1n) is 11.4. The Kier molecular flexibility index (Phi) is 5.77. The summed E-state index contributed by atoms with van der Waals surface area (Å²) in [5.41, 5.74) is 5.44. The molecule has 4 aromatic rings. The Morgan fingerprint density at radius 1 is 0.778 bits per heavy atom. The first-order chi connectivity index (χ1) is 17.3. The second kappa shape index (κ2) is 9.07. The molecule has 0 unspecified atom stereocenters. The van der Waals surface area contributed by atoms with Gasteiger partial charge in [0, 0.05) is 28.7 Å². The zero-order chi connectivity index (χ0) is 25.4. The van der Waals surface area contributed by atoms with Gasteiger partial charge in [0.05, 0.1) is 16.8 Å². The van der Waals surface area contributed by atoms with Crippen LogP contribution in [0.2, 0.25) is 0 Å². The van der Waals surface area contributed by atoms with Gasteiger partial charge in [0.15, 0.2) is 0 Å². The molecular formula is C28H23N5O3. The summed E-state index contributed by atoms with van der Waals surface area (Å²) in [6.45, 7) is 5.70. The molecule has 0 atom stereocenters. The number of carbonyl (C=O) groups excluding carboxylic acids is 3. The number of benzene rings is 3. The molecule has 3 aromatic carbocycles. The summed E-state index contributed by atoms with van der Waals surface area (Å²) in [6, 6.07) is 19.1. The van der Waals surface area contributed by atoms with Crippen molar-refractivity contribution >= 4 is 40.6 Å². The predicted octanol–water partition coefficient (Wildman–Crippen LogP) is 5.20. The quantitative estimate of drug-likeness (QED) is 0.383. The van der Waals surface area contributed by atoms with Crippen LogP contribution in [0.1, 0.15) is 47.9 Å². The fraction of sp³-hybridized carbons (Fsp3) is 0.107. The van der Waals surface area contributed by atoms with E-state index in [4.69, 9.17) is 0 Å². The first kappa shape index (κ1) is 22.9. The van der Waals surface area contributed by atoms with Gasteiger partial charge >= 0.3 is 0 Å². The van der Waals surface area contributed by atoms with Crippen molar-refractivity contribution in [1.82, 2.24) is 9.97 Å². The van der Waals surface area contributed by atoms with Crippen LogP contribution >= 0.6 is 0 Å². The summed E-state index contributed by atoms with van der Waals surface area (Å²) in [6.07, 6.45) is 1.49. The minimum atomic E-state index is -0.438. The highest BCUT2D eigenvalue weighted by atomic mass is 16.2. The van der Waals surface area contributed by atoms with E-state index in [1.165, 1.54) is 23.4 Å². The lowest BCUT2D eigenvalue weighted by Gasteiger charge is -2.16. The third-order valence-electron chi connectivity index (χ3n) is 5.96. The van der Waals surface area contributed by atoms with E-state index < -0.39 is 11.8 Å². The van der Waals surface area contributed by atoms with E-state index in [9.17, 15) is 14.4 Å². The number of hydrogen-bond acceptors (Lipinski definition) is 6. The van der Waals surface area contributed by atoms with Crippen LogP contribution in [0.3, 0.4) is 0 Å².